The molecule has 0 N–H and O–H groups in total. The molecule has 10 rings (SSSR count). The molecular weight excluding hydrogens is 590 g/mol. The van der Waals surface area contributed by atoms with Crippen LogP contribution < -0.4 is 0 Å². The van der Waals surface area contributed by atoms with E-state index >= 15 is 0 Å². The van der Waals surface area contributed by atoms with Crippen molar-refractivity contribution in [3.63, 3.8) is 0 Å². The molecule has 0 aliphatic carbocycles. The van der Waals surface area contributed by atoms with Crippen molar-refractivity contribution < 1.29 is 21.2 Å². The fourth-order valence-corrected chi connectivity index (χ4v) is 6.18. The number of furan rings is 2. The molecule has 48 heavy (non-hydrogen) atoms. The maximum atomic E-state index is 9.45. The molecular formula is C43H25N3O2. The highest BCUT2D eigenvalue weighted by molar-refractivity contribution is 6.16. The minimum atomic E-state index is -0.566. The van der Waals surface area contributed by atoms with Crippen molar-refractivity contribution in [1.29, 1.82) is 0 Å². The summed E-state index contributed by atoms with van der Waals surface area (Å²) < 4.78 is 91.8. The number of nitrogens with zero attached hydrogens (tertiary/aromatic N) is 3. The number of para-hydroxylation sites is 1. The van der Waals surface area contributed by atoms with Crippen LogP contribution in [0.2, 0.25) is 0 Å². The first-order valence-corrected chi connectivity index (χ1v) is 15.2. The van der Waals surface area contributed by atoms with Gasteiger partial charge >= 0.3 is 0 Å². The van der Waals surface area contributed by atoms with Gasteiger partial charge in [-0.05, 0) is 52.8 Å². The molecule has 0 saturated carbocycles. The van der Waals surface area contributed by atoms with Crippen molar-refractivity contribution in [2.45, 2.75) is 0 Å². The highest BCUT2D eigenvalue weighted by atomic mass is 16.3. The predicted molar refractivity (Wildman–Crippen MR) is 194 cm³/mol. The molecule has 0 saturated heterocycles. The third-order valence-electron chi connectivity index (χ3n) is 8.40. The van der Waals surface area contributed by atoms with Gasteiger partial charge in [0.05, 0.1) is 12.3 Å². The SMILES string of the molecule is [2H]c1c([2H])c([2H])c2c(c1[2H])c([2H])c([2H])c1c2oc2c([2H])c(-c3nc(-c4ccccc4)nc(-c4cc(-c5ccccc5)c5c(c4)oc4ccccc45)n3)c([2H])c([2H])c21. The van der Waals surface area contributed by atoms with Crippen molar-refractivity contribution >= 4 is 54.6 Å². The van der Waals surface area contributed by atoms with E-state index in [0.29, 0.717) is 22.3 Å². The zero-order chi connectivity index (χ0) is 39.4. The van der Waals surface area contributed by atoms with Crippen LogP contribution in [0.5, 0.6) is 0 Å². The van der Waals surface area contributed by atoms with Gasteiger partial charge in [-0.1, -0.05) is 115 Å². The van der Waals surface area contributed by atoms with Gasteiger partial charge < -0.3 is 8.83 Å². The van der Waals surface area contributed by atoms with E-state index in [4.69, 9.17) is 32.0 Å². The largest absolute Gasteiger partial charge is 0.456 e. The van der Waals surface area contributed by atoms with Crippen LogP contribution in [0, 0.1) is 0 Å². The summed E-state index contributed by atoms with van der Waals surface area (Å²) in [5.74, 6) is 0.364. The average molecular weight is 625 g/mol. The molecule has 0 fully saturated rings. The first kappa shape index (κ1) is 19.2. The van der Waals surface area contributed by atoms with Crippen LogP contribution in [0.1, 0.15) is 12.3 Å². The first-order valence-electron chi connectivity index (χ1n) is 19.7. The highest BCUT2D eigenvalue weighted by Crippen LogP contribution is 2.40. The summed E-state index contributed by atoms with van der Waals surface area (Å²) in [5.41, 5.74) is 3.77. The predicted octanol–water partition coefficient (Wildman–Crippen LogP) is 11.5. The Bertz CT molecular complexity index is 3350. The highest BCUT2D eigenvalue weighted by Gasteiger charge is 2.19. The molecule has 224 valence electrons. The molecule has 5 heteroatoms. The lowest BCUT2D eigenvalue weighted by molar-refractivity contribution is 0.669. The molecule has 3 heterocycles. The van der Waals surface area contributed by atoms with E-state index in [1.54, 1.807) is 0 Å². The molecule has 0 aliphatic heterocycles. The molecule has 0 bridgehead atoms. The number of hydrogen-bond donors (Lipinski definition) is 0. The molecule has 0 unspecified atom stereocenters. The number of hydrogen-bond acceptors (Lipinski definition) is 5. The quantitative estimate of drug-likeness (QED) is 0.195. The zero-order valence-electron chi connectivity index (χ0n) is 33.9. The van der Waals surface area contributed by atoms with E-state index in [2.05, 4.69) is 0 Å². The number of rotatable bonds is 4. The molecule has 10 aromatic rings. The Morgan fingerprint density at radius 2 is 1.15 bits per heavy atom. The lowest BCUT2D eigenvalue weighted by atomic mass is 9.97. The Labute approximate surface area is 287 Å². The van der Waals surface area contributed by atoms with Crippen molar-refractivity contribution in [3.8, 4) is 45.3 Å². The van der Waals surface area contributed by atoms with Crippen molar-refractivity contribution in [2.24, 2.45) is 0 Å². The van der Waals surface area contributed by atoms with Gasteiger partial charge in [0.2, 0.25) is 0 Å². The standard InChI is InChI=1S/C43H25N3O2/c1-3-11-26(12-4-1)35-23-30(25-38-39(35)34-17-9-10-18-36(34)47-38)43-45-41(28-14-5-2-6-15-28)44-42(46-43)29-20-21-32-33-22-19-27-13-7-8-16-31(27)40(33)48-37(32)24-29/h1-25H/i7D,8D,13D,16D,19D,20D,21D,22D,24D. The second-order valence-electron chi connectivity index (χ2n) is 11.3. The second-order valence-corrected chi connectivity index (χ2v) is 11.3. The van der Waals surface area contributed by atoms with Crippen molar-refractivity contribution in [1.82, 2.24) is 15.0 Å². The van der Waals surface area contributed by atoms with Gasteiger partial charge in [-0.2, -0.15) is 0 Å². The van der Waals surface area contributed by atoms with Crippen LogP contribution in [-0.2, 0) is 0 Å². The van der Waals surface area contributed by atoms with Crippen LogP contribution in [0.15, 0.2) is 160 Å². The van der Waals surface area contributed by atoms with Gasteiger partial charge in [0.25, 0.3) is 0 Å². The number of benzene rings is 7. The second kappa shape index (κ2) is 10.5. The smallest absolute Gasteiger partial charge is 0.164 e. The lowest BCUT2D eigenvalue weighted by Gasteiger charge is -2.11. The minimum absolute atomic E-state index is 0.0882. The van der Waals surface area contributed by atoms with E-state index in [1.165, 1.54) is 0 Å². The van der Waals surface area contributed by atoms with Crippen molar-refractivity contribution in [2.75, 3.05) is 0 Å². The van der Waals surface area contributed by atoms with Gasteiger partial charge in [0.15, 0.2) is 17.5 Å². The Balaban J connectivity index is 1.28. The Kier molecular flexibility index (Phi) is 4.18. The zero-order valence-corrected chi connectivity index (χ0v) is 24.9. The maximum absolute atomic E-state index is 9.45. The van der Waals surface area contributed by atoms with E-state index < -0.39 is 48.3 Å². The van der Waals surface area contributed by atoms with E-state index in [0.717, 1.165) is 21.9 Å². The van der Waals surface area contributed by atoms with Crippen molar-refractivity contribution in [3.05, 3.63) is 151 Å². The molecule has 0 spiro atoms. The minimum Gasteiger partial charge on any atom is -0.456 e. The Hall–Kier alpha value is -6.59. The Morgan fingerprint density at radius 1 is 0.458 bits per heavy atom. The molecule has 7 aromatic carbocycles. The van der Waals surface area contributed by atoms with Crippen LogP contribution in [-0.4, -0.2) is 15.0 Å². The van der Waals surface area contributed by atoms with Gasteiger partial charge in [0, 0.05) is 43.6 Å². The van der Waals surface area contributed by atoms with Gasteiger partial charge in [-0.3, -0.25) is 0 Å². The normalized spacial score (nSPS) is 14.4. The first-order chi connectivity index (χ1) is 27.5. The van der Waals surface area contributed by atoms with Crippen LogP contribution >= 0.6 is 0 Å². The lowest BCUT2D eigenvalue weighted by Crippen LogP contribution is -2.00. The van der Waals surface area contributed by atoms with Gasteiger partial charge in [0.1, 0.15) is 22.3 Å². The summed E-state index contributed by atoms with van der Waals surface area (Å²) in [5, 5.41) is 1.29. The summed E-state index contributed by atoms with van der Waals surface area (Å²) in [4.78, 5) is 14.5. The maximum Gasteiger partial charge on any atom is 0.164 e. The average Bonchev–Trinajstić information content (AvgIpc) is 3.83. The monoisotopic (exact) mass is 624 g/mol. The van der Waals surface area contributed by atoms with E-state index in [9.17, 15) is 4.11 Å². The van der Waals surface area contributed by atoms with E-state index in [1.807, 2.05) is 97.1 Å². The molecule has 0 radical (unpaired) electrons. The summed E-state index contributed by atoms with van der Waals surface area (Å²) >= 11 is 0. The number of fused-ring (bicyclic) bond motifs is 8. The van der Waals surface area contributed by atoms with E-state index in [-0.39, 0.29) is 61.8 Å². The van der Waals surface area contributed by atoms with Gasteiger partial charge in [-0.25, -0.2) is 15.0 Å². The Morgan fingerprint density at radius 3 is 1.98 bits per heavy atom. The van der Waals surface area contributed by atoms with Crippen LogP contribution in [0.4, 0.5) is 0 Å². The molecule has 0 amide bonds. The third-order valence-corrected chi connectivity index (χ3v) is 8.40. The van der Waals surface area contributed by atoms with Gasteiger partial charge in [-0.15, -0.1) is 0 Å². The topological polar surface area (TPSA) is 65.0 Å². The molecule has 5 nitrogen and oxygen atoms in total. The summed E-state index contributed by atoms with van der Waals surface area (Å²) in [6.45, 7) is 0. The summed E-state index contributed by atoms with van der Waals surface area (Å²) in [6.07, 6.45) is 0. The number of aromatic nitrogens is 3. The molecule has 0 atom stereocenters. The molecule has 3 aromatic heterocycles. The van der Waals surface area contributed by atoms with Crippen LogP contribution in [0.3, 0.4) is 0 Å². The third kappa shape index (κ3) is 4.22. The fraction of sp³-hybridized carbons (Fsp3) is 0. The molecule has 0 aliphatic rings. The fourth-order valence-electron chi connectivity index (χ4n) is 6.18. The summed E-state index contributed by atoms with van der Waals surface area (Å²) in [6, 6.07) is 26.3. The summed E-state index contributed by atoms with van der Waals surface area (Å²) in [7, 11) is 0. The van der Waals surface area contributed by atoms with Crippen LogP contribution in [0.25, 0.3) is 99.9 Å².